The molecule has 0 saturated carbocycles. The third kappa shape index (κ3) is 2.61. The van der Waals surface area contributed by atoms with Gasteiger partial charge in [0, 0.05) is 22.9 Å². The van der Waals surface area contributed by atoms with Crippen molar-refractivity contribution in [3.63, 3.8) is 0 Å². The van der Waals surface area contributed by atoms with E-state index in [9.17, 15) is 5.11 Å². The van der Waals surface area contributed by atoms with Crippen molar-refractivity contribution >= 4 is 27.4 Å². The van der Waals surface area contributed by atoms with Crippen LogP contribution in [0.1, 0.15) is 19.4 Å². The molecule has 5 heteroatoms. The standard InChI is InChI=1S/C17H15N3OS/c1-4-11-6-5-7-12-15(21)8-13(19-16(11)12)14-9-22-17(20-14)18-10(2)3/h1,5-10H,2-3H3,(H,18,20)(H,19,21). The van der Waals surface area contributed by atoms with E-state index >= 15 is 0 Å². The van der Waals surface area contributed by atoms with Crippen LogP contribution in [-0.4, -0.2) is 21.1 Å². The molecular weight excluding hydrogens is 294 g/mol. The van der Waals surface area contributed by atoms with Gasteiger partial charge >= 0.3 is 0 Å². The van der Waals surface area contributed by atoms with Gasteiger partial charge in [0.1, 0.15) is 11.4 Å². The van der Waals surface area contributed by atoms with Gasteiger partial charge in [0.25, 0.3) is 0 Å². The summed E-state index contributed by atoms with van der Waals surface area (Å²) in [4.78, 5) is 9.09. The number of anilines is 1. The minimum Gasteiger partial charge on any atom is -0.507 e. The van der Waals surface area contributed by atoms with Crippen molar-refractivity contribution in [3.05, 3.63) is 35.2 Å². The summed E-state index contributed by atoms with van der Waals surface area (Å²) in [5, 5.41) is 16.9. The molecule has 0 amide bonds. The van der Waals surface area contributed by atoms with E-state index in [1.807, 2.05) is 17.5 Å². The molecule has 110 valence electrons. The highest BCUT2D eigenvalue weighted by Crippen LogP contribution is 2.32. The molecule has 1 aromatic carbocycles. The van der Waals surface area contributed by atoms with Gasteiger partial charge in [-0.15, -0.1) is 17.8 Å². The van der Waals surface area contributed by atoms with Gasteiger partial charge in [-0.25, -0.2) is 9.97 Å². The monoisotopic (exact) mass is 309 g/mol. The molecule has 0 saturated heterocycles. The fourth-order valence-corrected chi connectivity index (χ4v) is 3.03. The van der Waals surface area contributed by atoms with Gasteiger partial charge in [-0.2, -0.15) is 0 Å². The fourth-order valence-electron chi connectivity index (χ4n) is 2.18. The predicted octanol–water partition coefficient (Wildman–Crippen LogP) is 3.87. The van der Waals surface area contributed by atoms with Gasteiger partial charge in [0.05, 0.1) is 16.8 Å². The summed E-state index contributed by atoms with van der Waals surface area (Å²) in [5.41, 5.74) is 2.61. The molecule has 0 atom stereocenters. The normalized spacial score (nSPS) is 10.8. The Labute approximate surface area is 132 Å². The number of rotatable bonds is 3. The topological polar surface area (TPSA) is 58.0 Å². The zero-order chi connectivity index (χ0) is 15.7. The van der Waals surface area contributed by atoms with E-state index in [2.05, 4.69) is 35.1 Å². The first-order valence-electron chi connectivity index (χ1n) is 6.90. The number of para-hydroxylation sites is 1. The van der Waals surface area contributed by atoms with Crippen molar-refractivity contribution < 1.29 is 5.11 Å². The number of nitrogens with zero attached hydrogens (tertiary/aromatic N) is 2. The number of pyridine rings is 1. The van der Waals surface area contributed by atoms with Crippen LogP contribution in [0.4, 0.5) is 5.13 Å². The van der Waals surface area contributed by atoms with E-state index in [0.29, 0.717) is 28.2 Å². The van der Waals surface area contributed by atoms with Crippen LogP contribution in [0.3, 0.4) is 0 Å². The lowest BCUT2D eigenvalue weighted by Gasteiger charge is -2.06. The lowest BCUT2D eigenvalue weighted by atomic mass is 10.1. The number of nitrogens with one attached hydrogen (secondary N) is 1. The van der Waals surface area contributed by atoms with Crippen LogP contribution >= 0.6 is 11.3 Å². The summed E-state index contributed by atoms with van der Waals surface area (Å²) in [6, 6.07) is 7.36. The highest BCUT2D eigenvalue weighted by Gasteiger charge is 2.12. The Morgan fingerprint density at radius 3 is 2.82 bits per heavy atom. The summed E-state index contributed by atoms with van der Waals surface area (Å²) in [6.45, 7) is 4.11. The second kappa shape index (κ2) is 5.66. The molecule has 3 aromatic rings. The second-order valence-corrected chi connectivity index (χ2v) is 6.07. The van der Waals surface area contributed by atoms with E-state index in [1.165, 1.54) is 11.3 Å². The minimum atomic E-state index is 0.156. The van der Waals surface area contributed by atoms with Crippen molar-refractivity contribution in [1.82, 2.24) is 9.97 Å². The predicted molar refractivity (Wildman–Crippen MR) is 91.2 cm³/mol. The van der Waals surface area contributed by atoms with Gasteiger partial charge in [-0.1, -0.05) is 12.0 Å². The average molecular weight is 309 g/mol. The molecule has 0 spiro atoms. The molecule has 2 aromatic heterocycles. The molecule has 0 aliphatic carbocycles. The van der Waals surface area contributed by atoms with Crippen LogP contribution in [0.15, 0.2) is 29.6 Å². The number of benzene rings is 1. The third-order valence-electron chi connectivity index (χ3n) is 3.15. The van der Waals surface area contributed by atoms with Crippen LogP contribution in [0.2, 0.25) is 0 Å². The SMILES string of the molecule is C#Cc1cccc2c(O)cc(-c3csc(NC(C)C)n3)nc12. The smallest absolute Gasteiger partial charge is 0.183 e. The first-order chi connectivity index (χ1) is 10.6. The molecule has 2 N–H and O–H groups in total. The van der Waals surface area contributed by atoms with Crippen molar-refractivity contribution in [2.24, 2.45) is 0 Å². The summed E-state index contributed by atoms with van der Waals surface area (Å²) in [5.74, 6) is 2.76. The Bertz CT molecular complexity index is 877. The highest BCUT2D eigenvalue weighted by atomic mass is 32.1. The number of thiazole rings is 1. The maximum Gasteiger partial charge on any atom is 0.183 e. The number of hydrogen-bond acceptors (Lipinski definition) is 5. The van der Waals surface area contributed by atoms with Gasteiger partial charge in [-0.05, 0) is 26.0 Å². The molecule has 2 heterocycles. The molecule has 0 fully saturated rings. The number of terminal acetylenes is 1. The second-order valence-electron chi connectivity index (χ2n) is 5.21. The number of hydrogen-bond donors (Lipinski definition) is 2. The van der Waals surface area contributed by atoms with Crippen LogP contribution in [-0.2, 0) is 0 Å². The Kier molecular flexibility index (Phi) is 3.70. The first-order valence-corrected chi connectivity index (χ1v) is 7.78. The molecule has 0 radical (unpaired) electrons. The Hall–Kier alpha value is -2.58. The van der Waals surface area contributed by atoms with Crippen molar-refractivity contribution in [2.75, 3.05) is 5.32 Å². The van der Waals surface area contributed by atoms with E-state index in [0.717, 1.165) is 10.8 Å². The average Bonchev–Trinajstić information content (AvgIpc) is 2.94. The number of aromatic hydroxyl groups is 1. The molecule has 0 aliphatic heterocycles. The Morgan fingerprint density at radius 1 is 1.27 bits per heavy atom. The third-order valence-corrected chi connectivity index (χ3v) is 3.93. The number of aromatic nitrogens is 2. The lowest BCUT2D eigenvalue weighted by Crippen LogP contribution is -2.09. The maximum absolute atomic E-state index is 10.2. The van der Waals surface area contributed by atoms with E-state index in [1.54, 1.807) is 12.1 Å². The molecule has 3 rings (SSSR count). The fraction of sp³-hybridized carbons (Fsp3) is 0.176. The van der Waals surface area contributed by atoms with Crippen LogP contribution < -0.4 is 5.32 Å². The minimum absolute atomic E-state index is 0.156. The Balaban J connectivity index is 2.12. The van der Waals surface area contributed by atoms with Crippen LogP contribution in [0.25, 0.3) is 22.3 Å². The summed E-state index contributed by atoms with van der Waals surface area (Å²) in [6.07, 6.45) is 5.52. The first kappa shape index (κ1) is 14.4. The number of fused-ring (bicyclic) bond motifs is 1. The van der Waals surface area contributed by atoms with Crippen molar-refractivity contribution in [2.45, 2.75) is 19.9 Å². The quantitative estimate of drug-likeness (QED) is 0.721. The zero-order valence-electron chi connectivity index (χ0n) is 12.3. The molecule has 0 aliphatic rings. The zero-order valence-corrected chi connectivity index (χ0v) is 13.1. The molecule has 0 bridgehead atoms. The largest absolute Gasteiger partial charge is 0.507 e. The van der Waals surface area contributed by atoms with Crippen LogP contribution in [0, 0.1) is 12.3 Å². The summed E-state index contributed by atoms with van der Waals surface area (Å²) in [7, 11) is 0. The molecular formula is C17H15N3OS. The molecule has 0 unspecified atom stereocenters. The lowest BCUT2D eigenvalue weighted by molar-refractivity contribution is 0.481. The van der Waals surface area contributed by atoms with E-state index < -0.39 is 0 Å². The van der Waals surface area contributed by atoms with E-state index in [-0.39, 0.29) is 5.75 Å². The van der Waals surface area contributed by atoms with Gasteiger partial charge in [0.2, 0.25) is 0 Å². The summed E-state index contributed by atoms with van der Waals surface area (Å²) < 4.78 is 0. The highest BCUT2D eigenvalue weighted by molar-refractivity contribution is 7.14. The van der Waals surface area contributed by atoms with Gasteiger partial charge in [-0.3, -0.25) is 0 Å². The molecule has 22 heavy (non-hydrogen) atoms. The van der Waals surface area contributed by atoms with Gasteiger partial charge in [0.15, 0.2) is 5.13 Å². The summed E-state index contributed by atoms with van der Waals surface area (Å²) >= 11 is 1.51. The van der Waals surface area contributed by atoms with Crippen LogP contribution in [0.5, 0.6) is 5.75 Å². The molecule has 4 nitrogen and oxygen atoms in total. The maximum atomic E-state index is 10.2. The Morgan fingerprint density at radius 2 is 2.09 bits per heavy atom. The van der Waals surface area contributed by atoms with Crippen molar-refractivity contribution in [1.29, 1.82) is 0 Å². The van der Waals surface area contributed by atoms with Crippen molar-refractivity contribution in [3.8, 4) is 29.5 Å². The van der Waals surface area contributed by atoms with Gasteiger partial charge < -0.3 is 10.4 Å². The van der Waals surface area contributed by atoms with E-state index in [4.69, 9.17) is 6.42 Å².